The molecule has 0 radical (unpaired) electrons. The van der Waals surface area contributed by atoms with Crippen molar-refractivity contribution in [2.45, 2.75) is 97.5 Å². The number of methoxy groups -OCH3 is 1. The molecule has 1 aliphatic carbocycles. The molecule has 0 bridgehead atoms. The summed E-state index contributed by atoms with van der Waals surface area (Å²) in [6.07, 6.45) is 0.551. The molecule has 3 rings (SSSR count). The number of nitrogens with zero attached hydrogens (tertiary/aromatic N) is 2. The molecule has 0 aromatic heterocycles. The number of hydrogen-bond acceptors (Lipinski definition) is 7. The van der Waals surface area contributed by atoms with Gasteiger partial charge in [-0.2, -0.15) is 0 Å². The number of hydrogen-bond donors (Lipinski definition) is 2. The maximum atomic E-state index is 15.2. The Bertz CT molecular complexity index is 1340. The second-order valence-corrected chi connectivity index (χ2v) is 14.0. The Balaban J connectivity index is 2.24. The van der Waals surface area contributed by atoms with E-state index >= 15 is 4.79 Å². The van der Waals surface area contributed by atoms with Crippen LogP contribution in [0.4, 0.5) is 10.5 Å². The molecule has 10 nitrogen and oxygen atoms in total. The van der Waals surface area contributed by atoms with Crippen LogP contribution in [0.3, 0.4) is 0 Å². The van der Waals surface area contributed by atoms with Gasteiger partial charge in [-0.3, -0.25) is 9.59 Å². The smallest absolute Gasteiger partial charge is 0.408 e. The van der Waals surface area contributed by atoms with Gasteiger partial charge >= 0.3 is 12.1 Å². The second-order valence-electron chi connectivity index (χ2n) is 14.0. The van der Waals surface area contributed by atoms with Crippen LogP contribution in [0.2, 0.25) is 0 Å². The summed E-state index contributed by atoms with van der Waals surface area (Å²) < 4.78 is 10.9. The molecule has 0 spiro atoms. The fourth-order valence-electron chi connectivity index (χ4n) is 5.93. The van der Waals surface area contributed by atoms with Crippen molar-refractivity contribution in [1.82, 2.24) is 15.5 Å². The minimum Gasteiger partial charge on any atom is -0.467 e. The number of esters is 1. The predicted molar refractivity (Wildman–Crippen MR) is 179 cm³/mol. The van der Waals surface area contributed by atoms with Gasteiger partial charge in [-0.1, -0.05) is 50.2 Å². The molecule has 46 heavy (non-hydrogen) atoms. The number of carbonyl (C=O) groups excluding carboxylic acids is 4. The average Bonchev–Trinajstić information content (AvgIpc) is 3.39. The molecular formula is C36H52N4O6. The Hall–Kier alpha value is -4.08. The lowest BCUT2D eigenvalue weighted by Gasteiger charge is -2.40. The van der Waals surface area contributed by atoms with E-state index in [0.717, 1.165) is 16.8 Å². The monoisotopic (exact) mass is 636 g/mol. The van der Waals surface area contributed by atoms with Crippen LogP contribution in [0.25, 0.3) is 0 Å². The van der Waals surface area contributed by atoms with Gasteiger partial charge in [-0.15, -0.1) is 0 Å². The number of benzene rings is 2. The predicted octanol–water partition coefficient (Wildman–Crippen LogP) is 5.04. The van der Waals surface area contributed by atoms with E-state index in [4.69, 9.17) is 9.47 Å². The third kappa shape index (κ3) is 9.47. The molecule has 0 saturated carbocycles. The molecule has 0 saturated heterocycles. The van der Waals surface area contributed by atoms with E-state index in [1.807, 2.05) is 83.1 Å². The fourth-order valence-corrected chi connectivity index (χ4v) is 5.93. The Kier molecular flexibility index (Phi) is 12.2. The molecule has 2 N–H and O–H groups in total. The first-order valence-electron chi connectivity index (χ1n) is 16.1. The standard InChI is InChI=1S/C36H52N4O6/c1-22(2)19-29(34(43)45-10)40(31(32(41)37-23(3)4)24-15-17-28(18-16-24)39(8)9)33(42)30(38-35(44)46-36(5,6)7)27-20-25-13-11-12-14-26(25)21-27/h11-18,22-23,27,29-31H,19-21H2,1-10H3,(H,37,41)(H,38,44)/t29-,30-,31?/m1/s1. The van der Waals surface area contributed by atoms with Crippen molar-refractivity contribution in [3.8, 4) is 0 Å². The Labute approximate surface area is 274 Å². The molecule has 2 aromatic carbocycles. The zero-order chi connectivity index (χ0) is 34.3. The van der Waals surface area contributed by atoms with Crippen LogP contribution in [0.15, 0.2) is 48.5 Å². The third-order valence-electron chi connectivity index (χ3n) is 7.93. The van der Waals surface area contributed by atoms with E-state index in [-0.39, 0.29) is 24.3 Å². The first-order valence-corrected chi connectivity index (χ1v) is 16.1. The van der Waals surface area contributed by atoms with Gasteiger partial charge in [-0.05, 0) is 94.5 Å². The van der Waals surface area contributed by atoms with E-state index in [1.165, 1.54) is 12.0 Å². The highest BCUT2D eigenvalue weighted by molar-refractivity contribution is 5.95. The molecular weight excluding hydrogens is 584 g/mol. The van der Waals surface area contributed by atoms with E-state index < -0.39 is 47.6 Å². The maximum Gasteiger partial charge on any atom is 0.408 e. The summed E-state index contributed by atoms with van der Waals surface area (Å²) in [4.78, 5) is 59.5. The van der Waals surface area contributed by atoms with E-state index in [0.29, 0.717) is 18.4 Å². The summed E-state index contributed by atoms with van der Waals surface area (Å²) in [5.41, 5.74) is 2.80. The van der Waals surface area contributed by atoms with E-state index in [1.54, 1.807) is 32.9 Å². The molecule has 252 valence electrons. The summed E-state index contributed by atoms with van der Waals surface area (Å²) in [5, 5.41) is 5.83. The van der Waals surface area contributed by atoms with Crippen molar-refractivity contribution in [2.24, 2.45) is 11.8 Å². The summed E-state index contributed by atoms with van der Waals surface area (Å²) in [6, 6.07) is 11.6. The number of amides is 3. The Morgan fingerprint density at radius 2 is 1.46 bits per heavy atom. The lowest BCUT2D eigenvalue weighted by atomic mass is 9.91. The third-order valence-corrected chi connectivity index (χ3v) is 7.93. The topological polar surface area (TPSA) is 117 Å². The zero-order valence-electron chi connectivity index (χ0n) is 29.0. The highest BCUT2D eigenvalue weighted by Crippen LogP contribution is 2.34. The lowest BCUT2D eigenvalue weighted by molar-refractivity contribution is -0.159. The van der Waals surface area contributed by atoms with Gasteiger partial charge in [0, 0.05) is 25.8 Å². The van der Waals surface area contributed by atoms with Gasteiger partial charge in [-0.25, -0.2) is 9.59 Å². The van der Waals surface area contributed by atoms with Crippen LogP contribution < -0.4 is 15.5 Å². The second kappa shape index (κ2) is 15.5. The van der Waals surface area contributed by atoms with Crippen LogP contribution in [-0.4, -0.2) is 73.7 Å². The molecule has 3 atom stereocenters. The first kappa shape index (κ1) is 36.4. The van der Waals surface area contributed by atoms with Crippen molar-refractivity contribution in [1.29, 1.82) is 0 Å². The highest BCUT2D eigenvalue weighted by atomic mass is 16.6. The molecule has 1 aliphatic rings. The van der Waals surface area contributed by atoms with Crippen LogP contribution in [-0.2, 0) is 36.7 Å². The number of fused-ring (bicyclic) bond motifs is 1. The van der Waals surface area contributed by atoms with Crippen molar-refractivity contribution >= 4 is 29.6 Å². The van der Waals surface area contributed by atoms with Crippen molar-refractivity contribution in [2.75, 3.05) is 26.1 Å². The number of anilines is 1. The zero-order valence-corrected chi connectivity index (χ0v) is 29.0. The quantitative estimate of drug-likeness (QED) is 0.314. The number of ether oxygens (including phenoxy) is 2. The van der Waals surface area contributed by atoms with Crippen LogP contribution >= 0.6 is 0 Å². The number of nitrogens with one attached hydrogen (secondary N) is 2. The van der Waals surface area contributed by atoms with Crippen molar-refractivity contribution < 1.29 is 28.7 Å². The normalized spacial score (nSPS) is 15.0. The van der Waals surface area contributed by atoms with Gasteiger partial charge in [0.2, 0.25) is 11.8 Å². The Morgan fingerprint density at radius 3 is 1.91 bits per heavy atom. The van der Waals surface area contributed by atoms with Crippen molar-refractivity contribution in [3.63, 3.8) is 0 Å². The maximum absolute atomic E-state index is 15.2. The number of alkyl carbamates (subject to hydrolysis) is 1. The molecule has 0 fully saturated rings. The molecule has 10 heteroatoms. The molecule has 2 aromatic rings. The molecule has 3 amide bonds. The van der Waals surface area contributed by atoms with E-state index in [2.05, 4.69) is 10.6 Å². The largest absolute Gasteiger partial charge is 0.467 e. The van der Waals surface area contributed by atoms with Gasteiger partial charge in [0.1, 0.15) is 23.7 Å². The first-order chi connectivity index (χ1) is 21.5. The van der Waals surface area contributed by atoms with Crippen LogP contribution in [0.5, 0.6) is 0 Å². The summed E-state index contributed by atoms with van der Waals surface area (Å²) >= 11 is 0. The van der Waals surface area contributed by atoms with Gasteiger partial charge < -0.3 is 29.9 Å². The fraction of sp³-hybridized carbons (Fsp3) is 0.556. The SMILES string of the molecule is COC(=O)[C@@H](CC(C)C)N(C(=O)[C@H](NC(=O)OC(C)(C)C)C1Cc2ccccc2C1)C(C(=O)NC(C)C)c1ccc(N(C)C)cc1. The van der Waals surface area contributed by atoms with Gasteiger partial charge in [0.25, 0.3) is 0 Å². The minimum atomic E-state index is -1.19. The van der Waals surface area contributed by atoms with E-state index in [9.17, 15) is 14.4 Å². The molecule has 1 unspecified atom stereocenters. The Morgan fingerprint density at radius 1 is 0.891 bits per heavy atom. The number of rotatable bonds is 12. The summed E-state index contributed by atoms with van der Waals surface area (Å²) in [6.45, 7) is 12.8. The summed E-state index contributed by atoms with van der Waals surface area (Å²) in [5.74, 6) is -2.01. The van der Waals surface area contributed by atoms with Crippen LogP contribution in [0.1, 0.15) is 77.6 Å². The molecule has 0 aliphatic heterocycles. The molecule has 0 heterocycles. The lowest BCUT2D eigenvalue weighted by Crippen LogP contribution is -2.60. The number of carbonyl (C=O) groups is 4. The van der Waals surface area contributed by atoms with Crippen molar-refractivity contribution in [3.05, 3.63) is 65.2 Å². The summed E-state index contributed by atoms with van der Waals surface area (Å²) in [7, 11) is 5.10. The average molecular weight is 637 g/mol. The van der Waals surface area contributed by atoms with Crippen LogP contribution in [0, 0.1) is 11.8 Å². The highest BCUT2D eigenvalue weighted by Gasteiger charge is 2.46. The van der Waals surface area contributed by atoms with Gasteiger partial charge in [0.15, 0.2) is 0 Å². The minimum absolute atomic E-state index is 0.0303. The van der Waals surface area contributed by atoms with Gasteiger partial charge in [0.05, 0.1) is 7.11 Å².